The van der Waals surface area contributed by atoms with Gasteiger partial charge in [-0.2, -0.15) is 0 Å². The van der Waals surface area contributed by atoms with Crippen LogP contribution >= 0.6 is 0 Å². The Morgan fingerprint density at radius 3 is 2.42 bits per heavy atom. The van der Waals surface area contributed by atoms with Crippen molar-refractivity contribution >= 4 is 6.47 Å². The minimum Gasteiger partial charge on any atom is -0.438 e. The largest absolute Gasteiger partial charge is 0.438 e. The summed E-state index contributed by atoms with van der Waals surface area (Å²) in [5.41, 5.74) is 0.314. The van der Waals surface area contributed by atoms with Gasteiger partial charge in [-0.3, -0.25) is 4.79 Å². The molecule has 0 aromatic carbocycles. The summed E-state index contributed by atoms with van der Waals surface area (Å²) in [4.78, 5) is 10.3. The minimum atomic E-state index is -0.415. The Labute approximate surface area is 117 Å². The molecule has 110 valence electrons. The molecule has 2 bridgehead atoms. The Hall–Kier alpha value is -0.570. The van der Waals surface area contributed by atoms with Gasteiger partial charge in [0.15, 0.2) is 6.29 Å². The molecule has 0 radical (unpaired) electrons. The monoisotopic (exact) mass is 268 g/mol. The molecule has 3 unspecified atom stereocenters. The van der Waals surface area contributed by atoms with Crippen LogP contribution in [0, 0.1) is 23.2 Å². The normalized spacial score (nSPS) is 39.6. The van der Waals surface area contributed by atoms with E-state index in [0.717, 1.165) is 24.4 Å². The van der Waals surface area contributed by atoms with E-state index in [9.17, 15) is 4.79 Å². The van der Waals surface area contributed by atoms with Crippen molar-refractivity contribution in [2.75, 3.05) is 6.61 Å². The van der Waals surface area contributed by atoms with Crippen LogP contribution in [0.25, 0.3) is 0 Å². The lowest BCUT2D eigenvalue weighted by Gasteiger charge is -2.48. The fraction of sp³-hybridized carbons (Fsp3) is 0.938. The number of fused-ring (bicyclic) bond motifs is 2. The first kappa shape index (κ1) is 14.8. The average molecular weight is 268 g/mol. The smallest absolute Gasteiger partial charge is 0.295 e. The van der Waals surface area contributed by atoms with E-state index in [-0.39, 0.29) is 0 Å². The van der Waals surface area contributed by atoms with Gasteiger partial charge in [0, 0.05) is 0 Å². The zero-order chi connectivity index (χ0) is 13.9. The molecule has 2 rings (SSSR count). The highest BCUT2D eigenvalue weighted by Gasteiger charge is 2.43. The Bertz CT molecular complexity index is 284. The number of carbonyl (C=O) groups excluding carboxylic acids is 1. The maximum Gasteiger partial charge on any atom is 0.295 e. The summed E-state index contributed by atoms with van der Waals surface area (Å²) in [7, 11) is 0. The molecule has 19 heavy (non-hydrogen) atoms. The molecular weight excluding hydrogens is 240 g/mol. The van der Waals surface area contributed by atoms with E-state index in [1.807, 2.05) is 0 Å². The van der Waals surface area contributed by atoms with Crippen LogP contribution in [-0.4, -0.2) is 19.4 Å². The summed E-state index contributed by atoms with van der Waals surface area (Å²) >= 11 is 0. The summed E-state index contributed by atoms with van der Waals surface area (Å²) in [6.45, 7) is 7.68. The van der Waals surface area contributed by atoms with Crippen LogP contribution in [-0.2, 0) is 14.3 Å². The predicted octanol–water partition coefficient (Wildman–Crippen LogP) is 3.76. The second-order valence-electron chi connectivity index (χ2n) is 6.92. The van der Waals surface area contributed by atoms with Crippen LogP contribution in [0.2, 0.25) is 0 Å². The molecule has 0 saturated heterocycles. The van der Waals surface area contributed by atoms with Crippen molar-refractivity contribution in [1.29, 1.82) is 0 Å². The Balaban J connectivity index is 1.93. The molecule has 3 atom stereocenters. The van der Waals surface area contributed by atoms with E-state index < -0.39 is 6.29 Å². The van der Waals surface area contributed by atoms with Crippen molar-refractivity contribution in [2.45, 2.75) is 65.6 Å². The van der Waals surface area contributed by atoms with Gasteiger partial charge in [0.05, 0.1) is 6.61 Å². The van der Waals surface area contributed by atoms with E-state index in [4.69, 9.17) is 9.47 Å². The van der Waals surface area contributed by atoms with Crippen LogP contribution in [0.1, 0.15) is 59.3 Å². The van der Waals surface area contributed by atoms with Crippen LogP contribution in [0.5, 0.6) is 0 Å². The predicted molar refractivity (Wildman–Crippen MR) is 74.5 cm³/mol. The maximum absolute atomic E-state index is 10.3. The van der Waals surface area contributed by atoms with Gasteiger partial charge >= 0.3 is 0 Å². The number of ether oxygens (including phenoxy) is 2. The summed E-state index contributed by atoms with van der Waals surface area (Å²) in [5, 5.41) is 0. The van der Waals surface area contributed by atoms with E-state index >= 15 is 0 Å². The highest BCUT2D eigenvalue weighted by atomic mass is 16.7. The number of hydrogen-bond acceptors (Lipinski definition) is 3. The summed E-state index contributed by atoms with van der Waals surface area (Å²) < 4.78 is 10.6. The summed E-state index contributed by atoms with van der Waals surface area (Å²) in [6, 6.07) is 0. The standard InChI is InChI=1S/C16H28O3/c1-4-16(10-18-13(3)19-11-17)8-14-5-12(2)6-15(7-14)9-16/h11-15H,4-10H2,1-3H3. The minimum absolute atomic E-state index is 0.314. The molecule has 0 spiro atoms. The second-order valence-corrected chi connectivity index (χ2v) is 6.92. The van der Waals surface area contributed by atoms with Crippen molar-refractivity contribution in [3.05, 3.63) is 0 Å². The van der Waals surface area contributed by atoms with Crippen LogP contribution < -0.4 is 0 Å². The first-order valence-corrected chi connectivity index (χ1v) is 7.77. The second kappa shape index (κ2) is 6.25. The fourth-order valence-electron chi connectivity index (χ4n) is 4.46. The third-order valence-electron chi connectivity index (χ3n) is 5.20. The van der Waals surface area contributed by atoms with Gasteiger partial charge in [0.1, 0.15) is 0 Å². The highest BCUT2D eigenvalue weighted by molar-refractivity contribution is 5.37. The Kier molecular flexibility index (Phi) is 4.88. The number of hydrogen-bond donors (Lipinski definition) is 0. The van der Waals surface area contributed by atoms with Gasteiger partial charge in [-0.25, -0.2) is 0 Å². The molecule has 2 fully saturated rings. The lowest BCUT2D eigenvalue weighted by Crippen LogP contribution is -2.41. The Morgan fingerprint density at radius 2 is 1.89 bits per heavy atom. The van der Waals surface area contributed by atoms with Crippen LogP contribution in [0.4, 0.5) is 0 Å². The summed E-state index contributed by atoms with van der Waals surface area (Å²) in [6.07, 6.45) is 7.53. The first-order valence-electron chi connectivity index (χ1n) is 7.77. The average Bonchev–Trinajstić information content (AvgIpc) is 2.35. The topological polar surface area (TPSA) is 35.5 Å². The van der Waals surface area contributed by atoms with Gasteiger partial charge in [-0.05, 0) is 68.6 Å². The van der Waals surface area contributed by atoms with Gasteiger partial charge < -0.3 is 9.47 Å². The van der Waals surface area contributed by atoms with Crippen molar-refractivity contribution < 1.29 is 14.3 Å². The SMILES string of the molecule is CCC1(COC(C)OC=O)CC2CC(C)CC(C2)C1. The third kappa shape index (κ3) is 3.71. The van der Waals surface area contributed by atoms with Crippen molar-refractivity contribution in [3.63, 3.8) is 0 Å². The van der Waals surface area contributed by atoms with Crippen molar-refractivity contribution in [1.82, 2.24) is 0 Å². The molecule has 0 N–H and O–H groups in total. The molecule has 0 heterocycles. The molecule has 2 aliphatic rings. The molecule has 0 aliphatic heterocycles. The zero-order valence-electron chi connectivity index (χ0n) is 12.6. The van der Waals surface area contributed by atoms with Gasteiger partial charge in [-0.1, -0.05) is 13.8 Å². The molecule has 0 aromatic heterocycles. The zero-order valence-corrected chi connectivity index (χ0v) is 12.6. The Morgan fingerprint density at radius 1 is 1.26 bits per heavy atom. The van der Waals surface area contributed by atoms with E-state index in [1.165, 1.54) is 38.5 Å². The third-order valence-corrected chi connectivity index (χ3v) is 5.20. The van der Waals surface area contributed by atoms with Gasteiger partial charge in [0.25, 0.3) is 6.47 Å². The van der Waals surface area contributed by atoms with E-state index in [1.54, 1.807) is 6.92 Å². The van der Waals surface area contributed by atoms with E-state index in [0.29, 0.717) is 11.9 Å². The van der Waals surface area contributed by atoms with Crippen LogP contribution in [0.3, 0.4) is 0 Å². The molecule has 0 amide bonds. The summed E-state index contributed by atoms with van der Waals surface area (Å²) in [5.74, 6) is 2.67. The maximum atomic E-state index is 10.3. The first-order chi connectivity index (χ1) is 9.07. The lowest BCUT2D eigenvalue weighted by molar-refractivity contribution is -0.171. The quantitative estimate of drug-likeness (QED) is 0.543. The lowest BCUT2D eigenvalue weighted by atomic mass is 9.58. The van der Waals surface area contributed by atoms with Gasteiger partial charge in [-0.15, -0.1) is 0 Å². The van der Waals surface area contributed by atoms with Crippen molar-refractivity contribution in [2.24, 2.45) is 23.2 Å². The molecule has 0 aromatic rings. The fourth-order valence-corrected chi connectivity index (χ4v) is 4.46. The van der Waals surface area contributed by atoms with E-state index in [2.05, 4.69) is 13.8 Å². The highest BCUT2D eigenvalue weighted by Crippen LogP contribution is 2.51. The molecule has 3 heteroatoms. The molecule has 2 saturated carbocycles. The van der Waals surface area contributed by atoms with Gasteiger partial charge in [0.2, 0.25) is 0 Å². The van der Waals surface area contributed by atoms with Crippen molar-refractivity contribution in [3.8, 4) is 0 Å². The molecule has 2 aliphatic carbocycles. The van der Waals surface area contributed by atoms with Crippen LogP contribution in [0.15, 0.2) is 0 Å². The molecule has 3 nitrogen and oxygen atoms in total. The molecular formula is C16H28O3. The number of rotatable bonds is 6. The number of carbonyl (C=O) groups is 1.